The molecule has 0 spiro atoms. The molecule has 0 fully saturated rings. The molecule has 0 unspecified atom stereocenters. The van der Waals surface area contributed by atoms with E-state index in [0.717, 1.165) is 12.2 Å². The van der Waals surface area contributed by atoms with E-state index in [4.69, 9.17) is 0 Å². The third-order valence-corrected chi connectivity index (χ3v) is 2.21. The summed E-state index contributed by atoms with van der Waals surface area (Å²) in [5.41, 5.74) is 0. The van der Waals surface area contributed by atoms with Crippen molar-refractivity contribution in [2.24, 2.45) is 0 Å². The highest BCUT2D eigenvalue weighted by Gasteiger charge is 2.08. The highest BCUT2D eigenvalue weighted by Crippen LogP contribution is 2.09. The van der Waals surface area contributed by atoms with Gasteiger partial charge in [0.15, 0.2) is 0 Å². The molecule has 17 heavy (non-hydrogen) atoms. The van der Waals surface area contributed by atoms with Crippen LogP contribution in [0, 0.1) is 0 Å². The smallest absolute Gasteiger partial charge is 0.239 e. The van der Waals surface area contributed by atoms with Gasteiger partial charge in [0, 0.05) is 26.8 Å². The fourth-order valence-electron chi connectivity index (χ4n) is 1.30. The molecule has 1 aromatic heterocycles. The average molecular weight is 237 g/mol. The van der Waals surface area contributed by atoms with Gasteiger partial charge in [-0.3, -0.25) is 4.79 Å². The minimum Gasteiger partial charge on any atom is -0.357 e. The van der Waals surface area contributed by atoms with E-state index in [-0.39, 0.29) is 5.91 Å². The Bertz CT molecular complexity index is 369. The van der Waals surface area contributed by atoms with Gasteiger partial charge < -0.3 is 15.5 Å². The minimum absolute atomic E-state index is 0.000954. The van der Waals surface area contributed by atoms with E-state index >= 15 is 0 Å². The monoisotopic (exact) mass is 237 g/mol. The van der Waals surface area contributed by atoms with Gasteiger partial charge >= 0.3 is 0 Å². The first-order valence-corrected chi connectivity index (χ1v) is 5.66. The molecule has 0 aromatic carbocycles. The molecule has 0 aliphatic rings. The molecule has 0 radical (unpaired) electrons. The number of nitrogens with one attached hydrogen (secondary N) is 2. The fourth-order valence-corrected chi connectivity index (χ4v) is 1.30. The molecule has 0 saturated heterocycles. The standard InChI is InChI=1S/C11H19N5O/c1-4-6-13-10(17)8-16(3)9-5-7-14-11(12-2)15-9/h5,7H,4,6,8H2,1-3H3,(H,13,17)(H,12,14,15). The van der Waals surface area contributed by atoms with Crippen LogP contribution >= 0.6 is 0 Å². The number of carbonyl (C=O) groups excluding carboxylic acids is 1. The summed E-state index contributed by atoms with van der Waals surface area (Å²) in [6, 6.07) is 1.77. The van der Waals surface area contributed by atoms with Gasteiger partial charge in [0.2, 0.25) is 11.9 Å². The van der Waals surface area contributed by atoms with Gasteiger partial charge in [0.1, 0.15) is 5.82 Å². The maximum atomic E-state index is 11.5. The number of carbonyl (C=O) groups is 1. The molecule has 0 aliphatic heterocycles. The fraction of sp³-hybridized carbons (Fsp3) is 0.545. The topological polar surface area (TPSA) is 70.2 Å². The van der Waals surface area contributed by atoms with E-state index in [1.807, 2.05) is 14.0 Å². The lowest BCUT2D eigenvalue weighted by Gasteiger charge is -2.17. The van der Waals surface area contributed by atoms with Crippen molar-refractivity contribution in [1.82, 2.24) is 15.3 Å². The number of aromatic nitrogens is 2. The SMILES string of the molecule is CCCNC(=O)CN(C)c1ccnc(NC)n1. The van der Waals surface area contributed by atoms with Crippen molar-refractivity contribution in [3.63, 3.8) is 0 Å². The predicted octanol–water partition coefficient (Wildman–Crippen LogP) is 0.481. The lowest BCUT2D eigenvalue weighted by atomic mass is 10.4. The Hall–Kier alpha value is -1.85. The molecule has 0 saturated carbocycles. The summed E-state index contributed by atoms with van der Waals surface area (Å²) in [6.45, 7) is 3.02. The van der Waals surface area contributed by atoms with Crippen molar-refractivity contribution in [1.29, 1.82) is 0 Å². The number of rotatable bonds is 6. The molecule has 0 atom stereocenters. The van der Waals surface area contributed by atoms with E-state index in [0.29, 0.717) is 19.0 Å². The number of hydrogen-bond donors (Lipinski definition) is 2. The van der Waals surface area contributed by atoms with Crippen LogP contribution in [0.1, 0.15) is 13.3 Å². The Kier molecular flexibility index (Phi) is 5.19. The lowest BCUT2D eigenvalue weighted by molar-refractivity contribution is -0.119. The van der Waals surface area contributed by atoms with Gasteiger partial charge in [-0.25, -0.2) is 4.98 Å². The van der Waals surface area contributed by atoms with E-state index in [1.165, 1.54) is 0 Å². The van der Waals surface area contributed by atoms with Gasteiger partial charge in [-0.2, -0.15) is 4.98 Å². The number of amides is 1. The maximum absolute atomic E-state index is 11.5. The first-order valence-electron chi connectivity index (χ1n) is 5.66. The zero-order valence-corrected chi connectivity index (χ0v) is 10.5. The molecule has 1 rings (SSSR count). The van der Waals surface area contributed by atoms with Crippen LogP contribution < -0.4 is 15.5 Å². The van der Waals surface area contributed by atoms with E-state index < -0.39 is 0 Å². The van der Waals surface area contributed by atoms with Crippen LogP contribution in [0.2, 0.25) is 0 Å². The lowest BCUT2D eigenvalue weighted by Crippen LogP contribution is -2.35. The Labute approximate surface area is 101 Å². The second-order valence-corrected chi connectivity index (χ2v) is 3.69. The predicted molar refractivity (Wildman–Crippen MR) is 68.1 cm³/mol. The Morgan fingerprint density at radius 2 is 2.29 bits per heavy atom. The molecule has 6 heteroatoms. The van der Waals surface area contributed by atoms with Gasteiger partial charge in [-0.1, -0.05) is 6.92 Å². The zero-order chi connectivity index (χ0) is 12.7. The highest BCUT2D eigenvalue weighted by molar-refractivity contribution is 5.80. The summed E-state index contributed by atoms with van der Waals surface area (Å²) in [5.74, 6) is 1.26. The van der Waals surface area contributed by atoms with Gasteiger partial charge in [0.05, 0.1) is 6.54 Å². The van der Waals surface area contributed by atoms with E-state index in [1.54, 1.807) is 24.2 Å². The molecular weight excluding hydrogens is 218 g/mol. The molecule has 1 heterocycles. The van der Waals surface area contributed by atoms with Crippen molar-refractivity contribution in [2.75, 3.05) is 37.4 Å². The normalized spacial score (nSPS) is 9.82. The van der Waals surface area contributed by atoms with Crippen LogP contribution in [-0.4, -0.2) is 43.1 Å². The zero-order valence-electron chi connectivity index (χ0n) is 10.5. The Morgan fingerprint density at radius 1 is 1.53 bits per heavy atom. The number of anilines is 2. The van der Waals surface area contributed by atoms with Gasteiger partial charge in [-0.15, -0.1) is 0 Å². The summed E-state index contributed by atoms with van der Waals surface area (Å²) >= 11 is 0. The van der Waals surface area contributed by atoms with Crippen LogP contribution in [0.4, 0.5) is 11.8 Å². The summed E-state index contributed by atoms with van der Waals surface area (Å²) in [5, 5.41) is 5.68. The van der Waals surface area contributed by atoms with Crippen LogP contribution in [-0.2, 0) is 4.79 Å². The molecular formula is C11H19N5O. The molecule has 2 N–H and O–H groups in total. The van der Waals surface area contributed by atoms with Crippen molar-refractivity contribution in [3.8, 4) is 0 Å². The van der Waals surface area contributed by atoms with Gasteiger partial charge in [0.25, 0.3) is 0 Å². The number of hydrogen-bond acceptors (Lipinski definition) is 5. The van der Waals surface area contributed by atoms with Crippen LogP contribution in [0.5, 0.6) is 0 Å². The van der Waals surface area contributed by atoms with Gasteiger partial charge in [-0.05, 0) is 12.5 Å². The number of likely N-dealkylation sites (N-methyl/N-ethyl adjacent to an activating group) is 1. The van der Waals surface area contributed by atoms with Crippen molar-refractivity contribution < 1.29 is 4.79 Å². The first kappa shape index (κ1) is 13.2. The quantitative estimate of drug-likeness (QED) is 0.753. The Morgan fingerprint density at radius 3 is 2.94 bits per heavy atom. The Balaban J connectivity index is 2.56. The second kappa shape index (κ2) is 6.67. The third kappa shape index (κ3) is 4.26. The van der Waals surface area contributed by atoms with Crippen LogP contribution in [0.15, 0.2) is 12.3 Å². The minimum atomic E-state index is -0.000954. The number of nitrogens with zero attached hydrogens (tertiary/aromatic N) is 3. The molecule has 1 amide bonds. The van der Waals surface area contributed by atoms with Crippen molar-refractivity contribution in [3.05, 3.63) is 12.3 Å². The summed E-state index contributed by atoms with van der Waals surface area (Å²) in [4.78, 5) is 21.6. The van der Waals surface area contributed by atoms with Crippen molar-refractivity contribution in [2.45, 2.75) is 13.3 Å². The van der Waals surface area contributed by atoms with Crippen molar-refractivity contribution >= 4 is 17.7 Å². The van der Waals surface area contributed by atoms with Crippen LogP contribution in [0.25, 0.3) is 0 Å². The molecule has 6 nitrogen and oxygen atoms in total. The molecule has 0 bridgehead atoms. The largest absolute Gasteiger partial charge is 0.357 e. The summed E-state index contributed by atoms with van der Waals surface area (Å²) in [7, 11) is 3.58. The summed E-state index contributed by atoms with van der Waals surface area (Å²) in [6.07, 6.45) is 2.60. The molecule has 0 aliphatic carbocycles. The maximum Gasteiger partial charge on any atom is 0.239 e. The average Bonchev–Trinajstić information content (AvgIpc) is 2.36. The van der Waals surface area contributed by atoms with Crippen LogP contribution in [0.3, 0.4) is 0 Å². The second-order valence-electron chi connectivity index (χ2n) is 3.69. The first-order chi connectivity index (χ1) is 8.17. The summed E-state index contributed by atoms with van der Waals surface area (Å²) < 4.78 is 0. The van der Waals surface area contributed by atoms with E-state index in [9.17, 15) is 4.79 Å². The highest BCUT2D eigenvalue weighted by atomic mass is 16.2. The molecule has 94 valence electrons. The van der Waals surface area contributed by atoms with E-state index in [2.05, 4.69) is 20.6 Å². The third-order valence-electron chi connectivity index (χ3n) is 2.21. The molecule has 1 aromatic rings.